The van der Waals surface area contributed by atoms with Crippen molar-refractivity contribution < 1.29 is 19.2 Å². The Labute approximate surface area is 164 Å². The molecule has 0 N–H and O–H groups in total. The van der Waals surface area contributed by atoms with E-state index in [1.165, 1.54) is 0 Å². The average molecular weight is 380 g/mol. The van der Waals surface area contributed by atoms with Gasteiger partial charge in [-0.1, -0.05) is 65.8 Å². The third-order valence-corrected chi connectivity index (χ3v) is 5.21. The Bertz CT molecular complexity index is 825. The van der Waals surface area contributed by atoms with Crippen molar-refractivity contribution in [1.82, 2.24) is 5.06 Å². The lowest BCUT2D eigenvalue weighted by Crippen LogP contribution is -2.33. The van der Waals surface area contributed by atoms with Gasteiger partial charge < -0.3 is 14.4 Å². The Morgan fingerprint density at radius 3 is 2.57 bits per heavy atom. The molecule has 2 aliphatic rings. The van der Waals surface area contributed by atoms with E-state index >= 15 is 0 Å². The molecule has 4 rings (SSSR count). The highest BCUT2D eigenvalue weighted by Crippen LogP contribution is 2.36. The number of hydrogen-bond donors (Lipinski definition) is 0. The van der Waals surface area contributed by atoms with Crippen LogP contribution in [0.1, 0.15) is 36.8 Å². The van der Waals surface area contributed by atoms with Crippen LogP contribution in [0.15, 0.2) is 65.8 Å². The van der Waals surface area contributed by atoms with Gasteiger partial charge in [0, 0.05) is 25.9 Å². The molecule has 0 aromatic heterocycles. The zero-order valence-electron chi connectivity index (χ0n) is 15.8. The van der Waals surface area contributed by atoms with E-state index in [9.17, 15) is 4.79 Å². The molecule has 1 saturated heterocycles. The van der Waals surface area contributed by atoms with Crippen LogP contribution in [0, 0.1) is 0 Å². The van der Waals surface area contributed by atoms with Gasteiger partial charge in [-0.3, -0.25) is 0 Å². The van der Waals surface area contributed by atoms with Crippen LogP contribution in [0.25, 0.3) is 0 Å². The van der Waals surface area contributed by atoms with Gasteiger partial charge in [0.2, 0.25) is 0 Å². The first-order valence-electron chi connectivity index (χ1n) is 9.67. The second-order valence-electron chi connectivity index (χ2n) is 7.25. The lowest BCUT2D eigenvalue weighted by Gasteiger charge is -2.24. The first-order chi connectivity index (χ1) is 13.7. The summed E-state index contributed by atoms with van der Waals surface area (Å²) in [6, 6.07) is 19.7. The third-order valence-electron chi connectivity index (χ3n) is 5.21. The van der Waals surface area contributed by atoms with Gasteiger partial charge in [0.15, 0.2) is 0 Å². The molecule has 6 nitrogen and oxygen atoms in total. The molecule has 28 heavy (non-hydrogen) atoms. The van der Waals surface area contributed by atoms with E-state index in [4.69, 9.17) is 14.4 Å². The highest BCUT2D eigenvalue weighted by atomic mass is 16.8. The minimum absolute atomic E-state index is 0.203. The summed E-state index contributed by atoms with van der Waals surface area (Å²) in [6.07, 6.45) is 2.60. The highest BCUT2D eigenvalue weighted by Gasteiger charge is 2.41. The van der Waals surface area contributed by atoms with Crippen molar-refractivity contribution >= 4 is 11.9 Å². The van der Waals surface area contributed by atoms with E-state index in [0.29, 0.717) is 13.1 Å². The van der Waals surface area contributed by atoms with Gasteiger partial charge in [0.25, 0.3) is 0 Å². The fraction of sp³-hybridized carbons (Fsp3) is 0.364. The quantitative estimate of drug-likeness (QED) is 0.740. The van der Waals surface area contributed by atoms with Crippen molar-refractivity contribution in [3.8, 4) is 0 Å². The molecule has 146 valence electrons. The molecule has 2 aromatic rings. The van der Waals surface area contributed by atoms with Crippen molar-refractivity contribution in [3.63, 3.8) is 0 Å². The van der Waals surface area contributed by atoms with E-state index < -0.39 is 6.16 Å². The number of carbonyl (C=O) groups is 1. The topological polar surface area (TPSA) is 60.4 Å². The van der Waals surface area contributed by atoms with Gasteiger partial charge in [-0.05, 0) is 24.0 Å². The van der Waals surface area contributed by atoms with Gasteiger partial charge in [-0.2, -0.15) is 0 Å². The average Bonchev–Trinajstić information content (AvgIpc) is 3.06. The number of oxime groups is 1. The lowest BCUT2D eigenvalue weighted by molar-refractivity contribution is -0.131. The van der Waals surface area contributed by atoms with E-state index in [-0.39, 0.29) is 12.2 Å². The molecule has 2 heterocycles. The lowest BCUT2D eigenvalue weighted by atomic mass is 9.88. The zero-order valence-corrected chi connectivity index (χ0v) is 15.8. The zero-order chi connectivity index (χ0) is 19.2. The Morgan fingerprint density at radius 1 is 1.04 bits per heavy atom. The standard InChI is InChI=1S/C22H24N2O4/c25-21(26-17-18-8-3-1-4-9-18)27-24-14-7-12-22(13-15-24)16-20(23-28-22)19-10-5-2-6-11-19/h1-6,8-11H,7,12-17H2. The smallest absolute Gasteiger partial charge is 0.428 e. The van der Waals surface area contributed by atoms with Gasteiger partial charge in [0.1, 0.15) is 12.2 Å². The number of carbonyl (C=O) groups excluding carboxylic acids is 1. The first-order valence-corrected chi connectivity index (χ1v) is 9.67. The van der Waals surface area contributed by atoms with Crippen LogP contribution in [-0.2, 0) is 21.0 Å². The second kappa shape index (κ2) is 8.44. The maximum atomic E-state index is 12.0. The minimum Gasteiger partial charge on any atom is -0.428 e. The summed E-state index contributed by atoms with van der Waals surface area (Å²) in [4.78, 5) is 23.3. The maximum Gasteiger partial charge on any atom is 0.528 e. The summed E-state index contributed by atoms with van der Waals surface area (Å²) >= 11 is 0. The van der Waals surface area contributed by atoms with Crippen molar-refractivity contribution in [2.45, 2.75) is 37.9 Å². The largest absolute Gasteiger partial charge is 0.528 e. The molecule has 0 aliphatic carbocycles. The van der Waals surface area contributed by atoms with Gasteiger partial charge in [-0.25, -0.2) is 4.79 Å². The number of nitrogens with zero attached hydrogens (tertiary/aromatic N) is 2. The van der Waals surface area contributed by atoms with E-state index in [0.717, 1.165) is 42.5 Å². The molecule has 2 aliphatic heterocycles. The summed E-state index contributed by atoms with van der Waals surface area (Å²) in [5, 5.41) is 6.01. The number of rotatable bonds is 4. The van der Waals surface area contributed by atoms with Crippen LogP contribution < -0.4 is 0 Å². The normalized spacial score (nSPS) is 22.2. The number of benzene rings is 2. The number of hydrogen-bond acceptors (Lipinski definition) is 6. The van der Waals surface area contributed by atoms with Crippen LogP contribution in [-0.4, -0.2) is 35.6 Å². The molecular formula is C22H24N2O4. The van der Waals surface area contributed by atoms with Crippen molar-refractivity contribution in [2.24, 2.45) is 5.16 Å². The summed E-state index contributed by atoms with van der Waals surface area (Å²) in [5.41, 5.74) is 2.70. The first kappa shape index (κ1) is 18.5. The molecule has 1 spiro atoms. The molecule has 0 bridgehead atoms. The van der Waals surface area contributed by atoms with E-state index in [2.05, 4.69) is 17.3 Å². The third kappa shape index (κ3) is 4.51. The predicted octanol–water partition coefficient (Wildman–Crippen LogP) is 4.30. The summed E-state index contributed by atoms with van der Waals surface area (Å²) in [7, 11) is 0. The van der Waals surface area contributed by atoms with Gasteiger partial charge in [0.05, 0.1) is 5.71 Å². The van der Waals surface area contributed by atoms with Crippen LogP contribution in [0.4, 0.5) is 4.79 Å². The maximum absolute atomic E-state index is 12.0. The monoisotopic (exact) mass is 380 g/mol. The minimum atomic E-state index is -0.673. The van der Waals surface area contributed by atoms with Gasteiger partial charge >= 0.3 is 6.16 Å². The Kier molecular flexibility index (Phi) is 5.58. The number of hydroxylamine groups is 2. The summed E-state index contributed by atoms with van der Waals surface area (Å²) < 4.78 is 5.21. The van der Waals surface area contributed by atoms with E-state index in [1.54, 1.807) is 5.06 Å². The molecule has 2 aromatic carbocycles. The molecule has 0 radical (unpaired) electrons. The second-order valence-corrected chi connectivity index (χ2v) is 7.25. The Balaban J connectivity index is 1.27. The Morgan fingerprint density at radius 2 is 1.79 bits per heavy atom. The molecule has 0 amide bonds. The fourth-order valence-corrected chi connectivity index (χ4v) is 3.66. The van der Waals surface area contributed by atoms with Crippen molar-refractivity contribution in [1.29, 1.82) is 0 Å². The SMILES string of the molecule is O=C(OCc1ccccc1)ON1CCCC2(CC1)CC(c1ccccc1)=NO2. The molecule has 6 heteroatoms. The number of ether oxygens (including phenoxy) is 1. The van der Waals surface area contributed by atoms with Crippen molar-refractivity contribution in [3.05, 3.63) is 71.8 Å². The fourth-order valence-electron chi connectivity index (χ4n) is 3.66. The van der Waals surface area contributed by atoms with Crippen LogP contribution in [0.2, 0.25) is 0 Å². The molecule has 1 atom stereocenters. The van der Waals surface area contributed by atoms with Crippen molar-refractivity contribution in [2.75, 3.05) is 13.1 Å². The predicted molar refractivity (Wildman–Crippen MR) is 105 cm³/mol. The van der Waals surface area contributed by atoms with Crippen LogP contribution in [0.3, 0.4) is 0 Å². The summed E-state index contributed by atoms with van der Waals surface area (Å²) in [5.74, 6) is 0. The molecular weight excluding hydrogens is 356 g/mol. The van der Waals surface area contributed by atoms with Gasteiger partial charge in [-0.15, -0.1) is 5.06 Å². The molecule has 1 unspecified atom stereocenters. The van der Waals surface area contributed by atoms with Crippen LogP contribution >= 0.6 is 0 Å². The van der Waals surface area contributed by atoms with E-state index in [1.807, 2.05) is 48.5 Å². The molecule has 0 saturated carbocycles. The highest BCUT2D eigenvalue weighted by molar-refractivity contribution is 6.01. The summed E-state index contributed by atoms with van der Waals surface area (Å²) in [6.45, 7) is 1.46. The molecule has 1 fully saturated rings. The Hall–Kier alpha value is -2.86. The van der Waals surface area contributed by atoms with Crippen LogP contribution in [0.5, 0.6) is 0 Å².